The molecular formula is C32H27ClN2O7S. The zero-order chi connectivity index (χ0) is 30.1. The van der Waals surface area contributed by atoms with Crippen molar-refractivity contribution in [3.63, 3.8) is 0 Å². The highest BCUT2D eigenvalue weighted by Crippen LogP contribution is 2.38. The summed E-state index contributed by atoms with van der Waals surface area (Å²) in [5, 5.41) is 0.619. The molecule has 3 heterocycles. The molecular weight excluding hydrogens is 592 g/mol. The number of fused-ring (bicyclic) bond motifs is 2. The minimum Gasteiger partial charge on any atom is -0.493 e. The van der Waals surface area contributed by atoms with Gasteiger partial charge in [0.1, 0.15) is 6.61 Å². The van der Waals surface area contributed by atoms with Crippen LogP contribution in [0.2, 0.25) is 5.02 Å². The number of nitrogens with zero attached hydrogens (tertiary/aromatic N) is 2. The van der Waals surface area contributed by atoms with E-state index in [2.05, 4.69) is 4.99 Å². The molecule has 4 aromatic rings. The average Bonchev–Trinajstić information content (AvgIpc) is 3.59. The summed E-state index contributed by atoms with van der Waals surface area (Å²) in [5.74, 6) is 1.66. The van der Waals surface area contributed by atoms with E-state index in [1.54, 1.807) is 51.3 Å². The molecule has 6 rings (SSSR count). The minimum absolute atomic E-state index is 0.106. The van der Waals surface area contributed by atoms with Crippen molar-refractivity contribution in [1.29, 1.82) is 0 Å². The molecule has 0 radical (unpaired) electrons. The van der Waals surface area contributed by atoms with E-state index in [4.69, 9.17) is 35.3 Å². The van der Waals surface area contributed by atoms with Crippen LogP contribution in [0.1, 0.15) is 36.6 Å². The summed E-state index contributed by atoms with van der Waals surface area (Å²) in [7, 11) is 1.56. The average molecular weight is 619 g/mol. The van der Waals surface area contributed by atoms with Crippen LogP contribution in [-0.2, 0) is 16.1 Å². The fraction of sp³-hybridized carbons (Fsp3) is 0.219. The first kappa shape index (κ1) is 28.6. The molecule has 0 spiro atoms. The lowest BCUT2D eigenvalue weighted by Crippen LogP contribution is -2.39. The van der Waals surface area contributed by atoms with Crippen molar-refractivity contribution in [1.82, 2.24) is 4.57 Å². The Balaban J connectivity index is 1.40. The first-order chi connectivity index (χ1) is 20.9. The molecule has 0 N–H and O–H groups in total. The van der Waals surface area contributed by atoms with Gasteiger partial charge in [-0.05, 0) is 61.4 Å². The number of aromatic nitrogens is 1. The third kappa shape index (κ3) is 5.51. The van der Waals surface area contributed by atoms with Crippen LogP contribution in [-0.4, -0.2) is 31.0 Å². The molecule has 0 unspecified atom stereocenters. The number of benzene rings is 3. The maximum atomic E-state index is 14.0. The van der Waals surface area contributed by atoms with Crippen LogP contribution in [0.5, 0.6) is 23.0 Å². The summed E-state index contributed by atoms with van der Waals surface area (Å²) < 4.78 is 30.0. The Kier molecular flexibility index (Phi) is 7.96. The Bertz CT molecular complexity index is 1950. The normalized spacial score (nSPS) is 15.6. The van der Waals surface area contributed by atoms with E-state index in [0.717, 1.165) is 11.1 Å². The van der Waals surface area contributed by atoms with Crippen LogP contribution in [0, 0.1) is 0 Å². The number of methoxy groups -OCH3 is 1. The topological polar surface area (TPSA) is 97.6 Å². The van der Waals surface area contributed by atoms with Crippen LogP contribution < -0.4 is 33.8 Å². The molecule has 9 nitrogen and oxygen atoms in total. The van der Waals surface area contributed by atoms with Crippen molar-refractivity contribution in [3.05, 3.63) is 113 Å². The van der Waals surface area contributed by atoms with E-state index in [0.29, 0.717) is 54.2 Å². The summed E-state index contributed by atoms with van der Waals surface area (Å²) in [4.78, 5) is 32.2. The SMILES string of the molecule is CCOC(=O)C1=C(C)N=c2s/c(=C\c3ccc(OCc4ccccc4Cl)c(OC)c3)c(=O)n2[C@@H]1c1ccc2c(c1)OCO2. The van der Waals surface area contributed by atoms with E-state index >= 15 is 0 Å². The minimum atomic E-state index is -0.762. The summed E-state index contributed by atoms with van der Waals surface area (Å²) in [6, 6.07) is 17.5. The Morgan fingerprint density at radius 1 is 1.12 bits per heavy atom. The number of rotatable bonds is 8. The van der Waals surface area contributed by atoms with E-state index in [-0.39, 0.29) is 25.6 Å². The van der Waals surface area contributed by atoms with Gasteiger partial charge in [0.15, 0.2) is 27.8 Å². The Labute approximate surface area is 255 Å². The maximum absolute atomic E-state index is 14.0. The van der Waals surface area contributed by atoms with Gasteiger partial charge < -0.3 is 23.7 Å². The fourth-order valence-corrected chi connectivity index (χ4v) is 6.24. The summed E-state index contributed by atoms with van der Waals surface area (Å²) in [6.45, 7) is 4.05. The number of thiazole rings is 1. The van der Waals surface area contributed by atoms with E-state index in [9.17, 15) is 9.59 Å². The summed E-state index contributed by atoms with van der Waals surface area (Å²) in [6.07, 6.45) is 1.77. The number of ether oxygens (including phenoxy) is 5. The van der Waals surface area contributed by atoms with Crippen LogP contribution >= 0.6 is 22.9 Å². The molecule has 0 aliphatic carbocycles. The molecule has 2 aliphatic rings. The van der Waals surface area contributed by atoms with E-state index < -0.39 is 12.0 Å². The molecule has 0 saturated heterocycles. The fourth-order valence-electron chi connectivity index (χ4n) is 5.01. The highest BCUT2D eigenvalue weighted by Gasteiger charge is 2.34. The lowest BCUT2D eigenvalue weighted by Gasteiger charge is -2.24. The lowest BCUT2D eigenvalue weighted by atomic mass is 9.95. The molecule has 2 aliphatic heterocycles. The second kappa shape index (κ2) is 12.0. The van der Waals surface area contributed by atoms with Gasteiger partial charge in [-0.3, -0.25) is 9.36 Å². The molecule has 43 heavy (non-hydrogen) atoms. The predicted molar refractivity (Wildman–Crippen MR) is 162 cm³/mol. The van der Waals surface area contributed by atoms with Crippen LogP contribution in [0.25, 0.3) is 6.08 Å². The molecule has 0 bridgehead atoms. The van der Waals surface area contributed by atoms with Crippen molar-refractivity contribution in [2.24, 2.45) is 4.99 Å². The third-order valence-corrected chi connectivity index (χ3v) is 8.41. The summed E-state index contributed by atoms with van der Waals surface area (Å²) in [5.41, 5.74) is 2.74. The smallest absolute Gasteiger partial charge is 0.338 e. The van der Waals surface area contributed by atoms with Gasteiger partial charge in [0.2, 0.25) is 6.79 Å². The number of carbonyl (C=O) groups is 1. The first-order valence-electron chi connectivity index (χ1n) is 13.5. The van der Waals surface area contributed by atoms with Gasteiger partial charge in [-0.2, -0.15) is 0 Å². The number of carbonyl (C=O) groups excluding carboxylic acids is 1. The maximum Gasteiger partial charge on any atom is 0.338 e. The molecule has 3 aromatic carbocycles. The third-order valence-electron chi connectivity index (χ3n) is 7.06. The van der Waals surface area contributed by atoms with Crippen LogP contribution in [0.3, 0.4) is 0 Å². The van der Waals surface area contributed by atoms with Gasteiger partial charge in [0.25, 0.3) is 5.56 Å². The predicted octanol–water partition coefficient (Wildman–Crippen LogP) is 4.77. The van der Waals surface area contributed by atoms with Crippen molar-refractivity contribution in [3.8, 4) is 23.0 Å². The number of hydrogen-bond donors (Lipinski definition) is 0. The number of hydrogen-bond acceptors (Lipinski definition) is 9. The second-order valence-corrected chi connectivity index (χ2v) is 11.1. The zero-order valence-electron chi connectivity index (χ0n) is 23.6. The van der Waals surface area contributed by atoms with Gasteiger partial charge >= 0.3 is 5.97 Å². The quantitative estimate of drug-likeness (QED) is 0.263. The number of allylic oxidation sites excluding steroid dienone is 1. The molecule has 1 atom stereocenters. The highest BCUT2D eigenvalue weighted by atomic mass is 35.5. The van der Waals surface area contributed by atoms with Gasteiger partial charge in [-0.1, -0.05) is 53.3 Å². The van der Waals surface area contributed by atoms with E-state index in [1.165, 1.54) is 15.9 Å². The Morgan fingerprint density at radius 3 is 2.72 bits per heavy atom. The standard InChI is InChI=1S/C32H27ClN2O7S/c1-4-39-31(37)28-18(2)34-32-35(29(28)20-10-12-24-26(15-20)42-17-41-24)30(36)27(43-32)14-19-9-11-23(25(13-19)38-3)40-16-21-7-5-6-8-22(21)33/h5-15,29H,4,16-17H2,1-3H3/b27-14-/t29-/m1/s1. The van der Waals surface area contributed by atoms with Gasteiger partial charge in [-0.15, -0.1) is 0 Å². The molecule has 11 heteroatoms. The van der Waals surface area contributed by atoms with Gasteiger partial charge in [-0.25, -0.2) is 9.79 Å². The van der Waals surface area contributed by atoms with Crippen molar-refractivity contribution in [2.75, 3.05) is 20.5 Å². The Morgan fingerprint density at radius 2 is 1.93 bits per heavy atom. The van der Waals surface area contributed by atoms with Crippen molar-refractivity contribution in [2.45, 2.75) is 26.5 Å². The van der Waals surface area contributed by atoms with Gasteiger partial charge in [0, 0.05) is 10.6 Å². The zero-order valence-corrected chi connectivity index (χ0v) is 25.2. The monoisotopic (exact) mass is 618 g/mol. The van der Waals surface area contributed by atoms with Crippen LogP contribution in [0.15, 0.2) is 81.7 Å². The molecule has 220 valence electrons. The summed E-state index contributed by atoms with van der Waals surface area (Å²) >= 11 is 7.51. The highest BCUT2D eigenvalue weighted by molar-refractivity contribution is 7.07. The van der Waals surface area contributed by atoms with Crippen molar-refractivity contribution < 1.29 is 28.5 Å². The number of halogens is 1. The van der Waals surface area contributed by atoms with Crippen molar-refractivity contribution >= 4 is 35.0 Å². The number of esters is 1. The molecule has 0 saturated carbocycles. The second-order valence-electron chi connectivity index (χ2n) is 9.71. The Hall–Kier alpha value is -4.54. The first-order valence-corrected chi connectivity index (χ1v) is 14.7. The lowest BCUT2D eigenvalue weighted by molar-refractivity contribution is -0.139. The molecule has 1 aromatic heterocycles. The van der Waals surface area contributed by atoms with Crippen LogP contribution in [0.4, 0.5) is 0 Å². The largest absolute Gasteiger partial charge is 0.493 e. The van der Waals surface area contributed by atoms with Gasteiger partial charge in [0.05, 0.1) is 35.6 Å². The van der Waals surface area contributed by atoms with E-state index in [1.807, 2.05) is 36.4 Å². The molecule has 0 amide bonds. The molecule has 0 fully saturated rings.